The summed E-state index contributed by atoms with van der Waals surface area (Å²) in [5.41, 5.74) is 8.91. The van der Waals surface area contributed by atoms with Crippen molar-refractivity contribution in [3.63, 3.8) is 0 Å². The Morgan fingerprint density at radius 1 is 1.32 bits per heavy atom. The van der Waals surface area contributed by atoms with Crippen LogP contribution in [0.3, 0.4) is 0 Å². The maximum Gasteiger partial charge on any atom is 0.234 e. The van der Waals surface area contributed by atoms with E-state index < -0.39 is 0 Å². The molecule has 5 heteroatoms. The summed E-state index contributed by atoms with van der Waals surface area (Å²) >= 11 is 0. The van der Waals surface area contributed by atoms with Crippen LogP contribution in [-0.4, -0.2) is 16.6 Å². The van der Waals surface area contributed by atoms with E-state index >= 15 is 0 Å². The molecule has 0 atom stereocenters. The molecule has 0 amide bonds. The van der Waals surface area contributed by atoms with Gasteiger partial charge in [0.25, 0.3) is 0 Å². The van der Waals surface area contributed by atoms with Crippen LogP contribution in [0.25, 0.3) is 0 Å². The molecule has 0 fully saturated rings. The zero-order valence-corrected chi connectivity index (χ0v) is 11.2. The van der Waals surface area contributed by atoms with Crippen molar-refractivity contribution in [1.82, 2.24) is 9.97 Å². The number of hydrogen-bond donors (Lipinski definition) is 2. The monoisotopic (exact) mass is 258 g/mol. The third-order valence-electron chi connectivity index (χ3n) is 2.85. The molecule has 0 aliphatic heterocycles. The fourth-order valence-corrected chi connectivity index (χ4v) is 1.73. The molecular formula is C14H18N4O. The van der Waals surface area contributed by atoms with Crippen LogP contribution in [0.2, 0.25) is 0 Å². The molecule has 100 valence electrons. The summed E-state index contributed by atoms with van der Waals surface area (Å²) in [7, 11) is 0. The van der Waals surface area contributed by atoms with Crippen molar-refractivity contribution >= 4 is 11.5 Å². The lowest BCUT2D eigenvalue weighted by Crippen LogP contribution is -2.05. The quantitative estimate of drug-likeness (QED) is 0.805. The molecule has 2 aromatic rings. The molecule has 2 rings (SSSR count). The highest BCUT2D eigenvalue weighted by atomic mass is 16.5. The van der Waals surface area contributed by atoms with Crippen LogP contribution in [0.15, 0.2) is 30.6 Å². The Balaban J connectivity index is 2.06. The third kappa shape index (κ3) is 3.34. The van der Waals surface area contributed by atoms with Gasteiger partial charge in [0.1, 0.15) is 5.82 Å². The Bertz CT molecular complexity index is 557. The fourth-order valence-electron chi connectivity index (χ4n) is 1.73. The average Bonchev–Trinajstić information content (AvgIpc) is 2.41. The van der Waals surface area contributed by atoms with Crippen LogP contribution in [0.5, 0.6) is 5.88 Å². The SMILES string of the molecule is CCOc1cncc(NCc2cccc(N)c2C)n1. The van der Waals surface area contributed by atoms with Gasteiger partial charge < -0.3 is 15.8 Å². The zero-order chi connectivity index (χ0) is 13.7. The molecule has 0 radical (unpaired) electrons. The Labute approximate surface area is 112 Å². The summed E-state index contributed by atoms with van der Waals surface area (Å²) in [5.74, 6) is 1.21. The van der Waals surface area contributed by atoms with E-state index in [1.54, 1.807) is 12.4 Å². The van der Waals surface area contributed by atoms with Crippen molar-refractivity contribution in [2.75, 3.05) is 17.7 Å². The highest BCUT2D eigenvalue weighted by Crippen LogP contribution is 2.17. The van der Waals surface area contributed by atoms with Gasteiger partial charge in [-0.15, -0.1) is 0 Å². The number of ether oxygens (including phenoxy) is 1. The highest BCUT2D eigenvalue weighted by molar-refractivity contribution is 5.51. The number of nitrogen functional groups attached to an aromatic ring is 1. The molecule has 3 N–H and O–H groups in total. The smallest absolute Gasteiger partial charge is 0.234 e. The molecule has 1 heterocycles. The van der Waals surface area contributed by atoms with Gasteiger partial charge in [0.15, 0.2) is 0 Å². The first-order valence-corrected chi connectivity index (χ1v) is 6.23. The van der Waals surface area contributed by atoms with Crippen molar-refractivity contribution in [2.24, 2.45) is 0 Å². The van der Waals surface area contributed by atoms with E-state index in [-0.39, 0.29) is 0 Å². The van der Waals surface area contributed by atoms with E-state index in [0.717, 1.165) is 16.8 Å². The minimum absolute atomic E-state index is 0.525. The lowest BCUT2D eigenvalue weighted by molar-refractivity contribution is 0.325. The van der Waals surface area contributed by atoms with E-state index in [1.807, 2.05) is 32.0 Å². The van der Waals surface area contributed by atoms with Crippen LogP contribution in [0, 0.1) is 6.92 Å². The number of nitrogens with zero attached hydrogens (tertiary/aromatic N) is 2. The van der Waals surface area contributed by atoms with Gasteiger partial charge in [-0.2, -0.15) is 4.98 Å². The summed E-state index contributed by atoms with van der Waals surface area (Å²) in [6.07, 6.45) is 3.27. The van der Waals surface area contributed by atoms with Gasteiger partial charge in [-0.3, -0.25) is 4.98 Å². The third-order valence-corrected chi connectivity index (χ3v) is 2.85. The highest BCUT2D eigenvalue weighted by Gasteiger charge is 2.03. The molecule has 5 nitrogen and oxygen atoms in total. The van der Waals surface area contributed by atoms with Gasteiger partial charge >= 0.3 is 0 Å². The maximum absolute atomic E-state index is 5.88. The molecule has 0 unspecified atom stereocenters. The van der Waals surface area contributed by atoms with E-state index in [9.17, 15) is 0 Å². The van der Waals surface area contributed by atoms with Gasteiger partial charge in [0.05, 0.1) is 19.0 Å². The van der Waals surface area contributed by atoms with Crippen LogP contribution < -0.4 is 15.8 Å². The first kappa shape index (κ1) is 13.1. The Morgan fingerprint density at radius 3 is 2.95 bits per heavy atom. The van der Waals surface area contributed by atoms with Gasteiger partial charge in [-0.25, -0.2) is 0 Å². The van der Waals surface area contributed by atoms with E-state index in [1.165, 1.54) is 0 Å². The summed E-state index contributed by atoms with van der Waals surface area (Å²) in [6.45, 7) is 5.15. The van der Waals surface area contributed by atoms with E-state index in [4.69, 9.17) is 10.5 Å². The molecule has 1 aromatic heterocycles. The maximum atomic E-state index is 5.88. The van der Waals surface area contributed by atoms with Crippen molar-refractivity contribution < 1.29 is 4.74 Å². The molecule has 1 aromatic carbocycles. The topological polar surface area (TPSA) is 73.1 Å². The largest absolute Gasteiger partial charge is 0.477 e. The van der Waals surface area contributed by atoms with Crippen LogP contribution in [0.4, 0.5) is 11.5 Å². The molecule has 0 aliphatic rings. The van der Waals surface area contributed by atoms with Crippen molar-refractivity contribution in [2.45, 2.75) is 20.4 Å². The standard InChI is InChI=1S/C14H18N4O/c1-3-19-14-9-16-8-13(18-14)17-7-11-5-4-6-12(15)10(11)2/h4-6,8-9H,3,7,15H2,1-2H3,(H,17,18). The number of nitrogens with one attached hydrogen (secondary N) is 1. The molecule has 0 saturated carbocycles. The number of rotatable bonds is 5. The molecule has 0 aliphatic carbocycles. The predicted octanol–water partition coefficient (Wildman–Crippen LogP) is 2.38. The number of aromatic nitrogens is 2. The van der Waals surface area contributed by atoms with Gasteiger partial charge in [-0.05, 0) is 31.0 Å². The van der Waals surface area contributed by atoms with Crippen molar-refractivity contribution in [3.05, 3.63) is 41.7 Å². The number of nitrogens with two attached hydrogens (primary N) is 1. The van der Waals surface area contributed by atoms with Crippen LogP contribution in [0.1, 0.15) is 18.1 Å². The average molecular weight is 258 g/mol. The zero-order valence-electron chi connectivity index (χ0n) is 11.2. The number of hydrogen-bond acceptors (Lipinski definition) is 5. The molecule has 0 spiro atoms. The lowest BCUT2D eigenvalue weighted by atomic mass is 10.1. The normalized spacial score (nSPS) is 10.2. The first-order chi connectivity index (χ1) is 9.20. The van der Waals surface area contributed by atoms with Crippen molar-refractivity contribution in [1.29, 1.82) is 0 Å². The summed E-state index contributed by atoms with van der Waals surface area (Å²) in [4.78, 5) is 8.38. The lowest BCUT2D eigenvalue weighted by Gasteiger charge is -2.10. The van der Waals surface area contributed by atoms with E-state index in [2.05, 4.69) is 15.3 Å². The van der Waals surface area contributed by atoms with E-state index in [0.29, 0.717) is 24.8 Å². The Morgan fingerprint density at radius 2 is 2.16 bits per heavy atom. The van der Waals surface area contributed by atoms with Gasteiger partial charge in [0, 0.05) is 12.2 Å². The Kier molecular flexibility index (Phi) is 4.18. The minimum atomic E-state index is 0.525. The van der Waals surface area contributed by atoms with Crippen LogP contribution >= 0.6 is 0 Å². The summed E-state index contributed by atoms with van der Waals surface area (Å²) in [6, 6.07) is 5.88. The first-order valence-electron chi connectivity index (χ1n) is 6.23. The summed E-state index contributed by atoms with van der Waals surface area (Å²) < 4.78 is 5.31. The summed E-state index contributed by atoms with van der Waals surface area (Å²) in [5, 5.41) is 3.22. The minimum Gasteiger partial charge on any atom is -0.477 e. The second-order valence-corrected chi connectivity index (χ2v) is 4.16. The molecular weight excluding hydrogens is 240 g/mol. The van der Waals surface area contributed by atoms with Gasteiger partial charge in [0.2, 0.25) is 5.88 Å². The second-order valence-electron chi connectivity index (χ2n) is 4.16. The fraction of sp³-hybridized carbons (Fsp3) is 0.286. The van der Waals surface area contributed by atoms with Gasteiger partial charge in [-0.1, -0.05) is 12.1 Å². The number of benzene rings is 1. The molecule has 19 heavy (non-hydrogen) atoms. The Hall–Kier alpha value is -2.30. The van der Waals surface area contributed by atoms with Crippen LogP contribution in [-0.2, 0) is 6.54 Å². The number of anilines is 2. The van der Waals surface area contributed by atoms with Crippen molar-refractivity contribution in [3.8, 4) is 5.88 Å². The predicted molar refractivity (Wildman–Crippen MR) is 76.1 cm³/mol. The second kappa shape index (κ2) is 6.04. The molecule has 0 bridgehead atoms. The molecule has 0 saturated heterocycles.